The van der Waals surface area contributed by atoms with Crippen LogP contribution in [0.15, 0.2) is 54.9 Å². The van der Waals surface area contributed by atoms with Crippen molar-refractivity contribution in [2.24, 2.45) is 0 Å². The Morgan fingerprint density at radius 3 is 2.86 bits per heavy atom. The molecule has 0 aliphatic heterocycles. The van der Waals surface area contributed by atoms with Crippen molar-refractivity contribution in [1.29, 1.82) is 5.26 Å². The lowest BCUT2D eigenvalue weighted by Crippen LogP contribution is -2.16. The maximum atomic E-state index is 9.82. The predicted octanol–water partition coefficient (Wildman–Crippen LogP) is 6.48. The number of hydrogen-bond acceptors (Lipinski definition) is 5. The highest BCUT2D eigenvalue weighted by atomic mass is 16.5. The van der Waals surface area contributed by atoms with Crippen molar-refractivity contribution in [3.63, 3.8) is 0 Å². The van der Waals surface area contributed by atoms with Gasteiger partial charge in [0.15, 0.2) is 0 Å². The SMILES string of the molecule is CCOCCCNCc1cccc(/C=C/c2c(C)ncc(C#N)c2Nc2ccc3[nH]ccc3c2C)c1. The summed E-state index contributed by atoms with van der Waals surface area (Å²) in [6.07, 6.45) is 8.71. The maximum Gasteiger partial charge on any atom is 0.103 e. The summed E-state index contributed by atoms with van der Waals surface area (Å²) in [5.74, 6) is 0. The van der Waals surface area contributed by atoms with E-state index in [1.807, 2.05) is 32.2 Å². The van der Waals surface area contributed by atoms with Crippen LogP contribution in [0.2, 0.25) is 0 Å². The van der Waals surface area contributed by atoms with Gasteiger partial charge in [0.05, 0.1) is 11.3 Å². The molecular weight excluding hydrogens is 446 g/mol. The third-order valence-corrected chi connectivity index (χ3v) is 6.27. The largest absolute Gasteiger partial charge is 0.382 e. The molecule has 4 rings (SSSR count). The summed E-state index contributed by atoms with van der Waals surface area (Å²) in [6, 6.07) is 16.9. The molecule has 2 heterocycles. The number of nitrogens with zero attached hydrogens (tertiary/aromatic N) is 2. The number of aromatic amines is 1. The molecule has 2 aromatic carbocycles. The number of nitrogens with one attached hydrogen (secondary N) is 3. The molecule has 0 saturated carbocycles. The standard InChI is InChI=1S/C30H33N5O/c1-4-36-16-6-14-32-19-24-8-5-7-23(17-24)9-10-27-22(3)34-20-25(18-31)30(27)35-28-11-12-29-26(21(28)2)13-15-33-29/h5,7-13,15,17,20,32-33H,4,6,14,16,19H2,1-3H3,(H,34,35)/b10-9+. The quantitative estimate of drug-likeness (QED) is 0.214. The van der Waals surface area contributed by atoms with Crippen LogP contribution < -0.4 is 10.6 Å². The number of benzene rings is 2. The van der Waals surface area contributed by atoms with Crippen LogP contribution in [0.1, 0.15) is 46.9 Å². The van der Waals surface area contributed by atoms with Gasteiger partial charge in [-0.25, -0.2) is 0 Å². The first-order chi connectivity index (χ1) is 17.6. The first-order valence-corrected chi connectivity index (χ1v) is 12.4. The second-order valence-corrected chi connectivity index (χ2v) is 8.77. The van der Waals surface area contributed by atoms with Gasteiger partial charge < -0.3 is 20.4 Å². The van der Waals surface area contributed by atoms with Gasteiger partial charge in [0.2, 0.25) is 0 Å². The van der Waals surface area contributed by atoms with E-state index in [1.54, 1.807) is 6.20 Å². The Morgan fingerprint density at radius 1 is 1.14 bits per heavy atom. The van der Waals surface area contributed by atoms with E-state index in [0.29, 0.717) is 5.56 Å². The van der Waals surface area contributed by atoms with Gasteiger partial charge in [-0.1, -0.05) is 36.4 Å². The molecule has 184 valence electrons. The molecule has 0 spiro atoms. The van der Waals surface area contributed by atoms with Crippen LogP contribution in [0.3, 0.4) is 0 Å². The average Bonchev–Trinajstić information content (AvgIpc) is 3.38. The number of aromatic nitrogens is 2. The fraction of sp³-hybridized carbons (Fsp3) is 0.267. The molecule has 4 aromatic rings. The number of aryl methyl sites for hydroxylation is 2. The molecule has 36 heavy (non-hydrogen) atoms. The van der Waals surface area contributed by atoms with Gasteiger partial charge in [-0.3, -0.25) is 4.98 Å². The molecular formula is C30H33N5O. The Hall–Kier alpha value is -3.92. The van der Waals surface area contributed by atoms with Crippen molar-refractivity contribution in [2.75, 3.05) is 25.1 Å². The molecule has 0 bridgehead atoms. The summed E-state index contributed by atoms with van der Waals surface area (Å²) in [5, 5.41) is 18.0. The van der Waals surface area contributed by atoms with Crippen LogP contribution >= 0.6 is 0 Å². The van der Waals surface area contributed by atoms with Crippen molar-refractivity contribution in [1.82, 2.24) is 15.3 Å². The summed E-state index contributed by atoms with van der Waals surface area (Å²) in [7, 11) is 0. The van der Waals surface area contributed by atoms with Gasteiger partial charge in [0.25, 0.3) is 0 Å². The van der Waals surface area contributed by atoms with Gasteiger partial charge in [-0.15, -0.1) is 0 Å². The first-order valence-electron chi connectivity index (χ1n) is 12.4. The molecule has 3 N–H and O–H groups in total. The highest BCUT2D eigenvalue weighted by molar-refractivity contribution is 5.90. The summed E-state index contributed by atoms with van der Waals surface area (Å²) in [5.41, 5.74) is 8.56. The molecule has 0 aliphatic carbocycles. The Balaban J connectivity index is 1.56. The Morgan fingerprint density at radius 2 is 2.03 bits per heavy atom. The molecule has 0 atom stereocenters. The van der Waals surface area contributed by atoms with Crippen molar-refractivity contribution < 1.29 is 4.74 Å². The normalized spacial score (nSPS) is 11.3. The zero-order valence-corrected chi connectivity index (χ0v) is 21.2. The first kappa shape index (κ1) is 25.2. The Kier molecular flexibility index (Phi) is 8.51. The highest BCUT2D eigenvalue weighted by Gasteiger charge is 2.13. The summed E-state index contributed by atoms with van der Waals surface area (Å²) in [6.45, 7) is 9.36. The Bertz CT molecular complexity index is 1400. The van der Waals surface area contributed by atoms with E-state index in [-0.39, 0.29) is 0 Å². The van der Waals surface area contributed by atoms with Gasteiger partial charge in [0, 0.05) is 60.0 Å². The monoisotopic (exact) mass is 479 g/mol. The minimum atomic E-state index is 0.513. The second kappa shape index (κ2) is 12.2. The van der Waals surface area contributed by atoms with E-state index < -0.39 is 0 Å². The molecule has 2 aromatic heterocycles. The van der Waals surface area contributed by atoms with Crippen molar-refractivity contribution in [3.8, 4) is 6.07 Å². The van der Waals surface area contributed by atoms with Crippen molar-refractivity contribution >= 4 is 34.4 Å². The maximum absolute atomic E-state index is 9.82. The predicted molar refractivity (Wildman–Crippen MR) is 148 cm³/mol. The summed E-state index contributed by atoms with van der Waals surface area (Å²) in [4.78, 5) is 7.73. The number of nitriles is 1. The Labute approximate surface area is 213 Å². The van der Waals surface area contributed by atoms with E-state index in [0.717, 1.165) is 77.4 Å². The number of hydrogen-bond donors (Lipinski definition) is 3. The fourth-order valence-electron chi connectivity index (χ4n) is 4.26. The van der Waals surface area contributed by atoms with Crippen molar-refractivity contribution in [3.05, 3.63) is 88.4 Å². The van der Waals surface area contributed by atoms with E-state index in [4.69, 9.17) is 4.74 Å². The van der Waals surface area contributed by atoms with Crippen molar-refractivity contribution in [2.45, 2.75) is 33.7 Å². The molecule has 0 aliphatic rings. The topological polar surface area (TPSA) is 85.8 Å². The second-order valence-electron chi connectivity index (χ2n) is 8.77. The van der Waals surface area contributed by atoms with Gasteiger partial charge in [-0.05, 0) is 68.6 Å². The lowest BCUT2D eigenvalue weighted by molar-refractivity contribution is 0.144. The zero-order valence-electron chi connectivity index (χ0n) is 21.2. The minimum Gasteiger partial charge on any atom is -0.382 e. The van der Waals surface area contributed by atoms with Crippen LogP contribution in [0, 0.1) is 25.2 Å². The smallest absolute Gasteiger partial charge is 0.103 e. The van der Waals surface area contributed by atoms with E-state index in [9.17, 15) is 5.26 Å². The van der Waals surface area contributed by atoms with E-state index in [1.165, 1.54) is 5.56 Å². The molecule has 0 fully saturated rings. The fourth-order valence-corrected chi connectivity index (χ4v) is 4.26. The van der Waals surface area contributed by atoms with Gasteiger partial charge >= 0.3 is 0 Å². The number of anilines is 2. The third kappa shape index (κ3) is 6.01. The highest BCUT2D eigenvalue weighted by Crippen LogP contribution is 2.32. The van der Waals surface area contributed by atoms with E-state index in [2.05, 4.69) is 76.1 Å². The third-order valence-electron chi connectivity index (χ3n) is 6.27. The number of pyridine rings is 1. The number of fused-ring (bicyclic) bond motifs is 1. The van der Waals surface area contributed by atoms with Crippen LogP contribution in [0.25, 0.3) is 23.1 Å². The van der Waals surface area contributed by atoms with Crippen LogP contribution in [0.5, 0.6) is 0 Å². The number of rotatable bonds is 11. The lowest BCUT2D eigenvalue weighted by Gasteiger charge is -2.16. The molecule has 0 amide bonds. The van der Waals surface area contributed by atoms with Gasteiger partial charge in [-0.2, -0.15) is 5.26 Å². The van der Waals surface area contributed by atoms with E-state index >= 15 is 0 Å². The molecule has 6 heteroatoms. The number of H-pyrrole nitrogens is 1. The van der Waals surface area contributed by atoms with Crippen LogP contribution in [0.4, 0.5) is 11.4 Å². The van der Waals surface area contributed by atoms with Gasteiger partial charge in [0.1, 0.15) is 6.07 Å². The zero-order chi connectivity index (χ0) is 25.3. The minimum absolute atomic E-state index is 0.513. The summed E-state index contributed by atoms with van der Waals surface area (Å²) < 4.78 is 5.39. The average molecular weight is 480 g/mol. The molecule has 0 unspecified atom stereocenters. The van der Waals surface area contributed by atoms with Crippen LogP contribution in [-0.2, 0) is 11.3 Å². The lowest BCUT2D eigenvalue weighted by atomic mass is 10.0. The van der Waals surface area contributed by atoms with Crippen LogP contribution in [-0.4, -0.2) is 29.7 Å². The molecule has 0 saturated heterocycles. The molecule has 6 nitrogen and oxygen atoms in total. The number of ether oxygens (including phenoxy) is 1. The summed E-state index contributed by atoms with van der Waals surface area (Å²) >= 11 is 0. The molecule has 0 radical (unpaired) electrons.